The van der Waals surface area contributed by atoms with E-state index in [1.807, 2.05) is 6.07 Å². The largest absolute Gasteiger partial charge is 0.416 e. The van der Waals surface area contributed by atoms with Crippen LogP contribution >= 0.6 is 22.9 Å². The van der Waals surface area contributed by atoms with Crippen molar-refractivity contribution >= 4 is 38.7 Å². The molecule has 0 saturated heterocycles. The number of aromatic nitrogens is 1. The third-order valence-electron chi connectivity index (χ3n) is 11.2. The van der Waals surface area contributed by atoms with Crippen LogP contribution in [0, 0.1) is 11.8 Å². The molecular weight excluding hydrogens is 713 g/mol. The molecule has 51 heavy (non-hydrogen) atoms. The Morgan fingerprint density at radius 3 is 2.14 bits per heavy atom. The van der Waals surface area contributed by atoms with Crippen LogP contribution in [0.5, 0.6) is 0 Å². The number of aryl methyl sites for hydroxylation is 1. The number of likely N-dealkylation sites (N-methyl/N-ethyl adjacent to an activating group) is 1. The summed E-state index contributed by atoms with van der Waals surface area (Å²) in [6.07, 6.45) is 12.7. The number of thiophene rings is 1. The van der Waals surface area contributed by atoms with E-state index in [9.17, 15) is 26.4 Å². The number of halogens is 4. The number of carbonyl (C=O) groups is 1. The van der Waals surface area contributed by atoms with Gasteiger partial charge in [0.15, 0.2) is 5.78 Å². The first-order valence-electron chi connectivity index (χ1n) is 18.9. The lowest BCUT2D eigenvalue weighted by Gasteiger charge is -2.28. The number of nitrogens with zero attached hydrogens (tertiary/aromatic N) is 2. The van der Waals surface area contributed by atoms with Crippen LogP contribution in [-0.4, -0.2) is 35.6 Å². The van der Waals surface area contributed by atoms with Crippen molar-refractivity contribution in [2.75, 3.05) is 6.54 Å². The van der Waals surface area contributed by atoms with Gasteiger partial charge in [0.1, 0.15) is 4.21 Å². The van der Waals surface area contributed by atoms with Crippen LogP contribution in [0.25, 0.3) is 11.3 Å². The van der Waals surface area contributed by atoms with Crippen molar-refractivity contribution in [2.45, 2.75) is 138 Å². The van der Waals surface area contributed by atoms with E-state index in [4.69, 9.17) is 16.6 Å². The minimum Gasteiger partial charge on any atom is -0.298 e. The molecular formula is C40H50ClF3N2O3S2. The van der Waals surface area contributed by atoms with Gasteiger partial charge < -0.3 is 0 Å². The number of Topliss-reactive ketones (excluding diaryl/α,β-unsaturated/α-hetero) is 1. The van der Waals surface area contributed by atoms with Crippen LogP contribution < -0.4 is 0 Å². The molecule has 0 spiro atoms. The highest BCUT2D eigenvalue weighted by Crippen LogP contribution is 2.47. The fraction of sp³-hybridized carbons (Fsp3) is 0.600. The van der Waals surface area contributed by atoms with E-state index in [-0.39, 0.29) is 23.0 Å². The molecule has 0 unspecified atom stereocenters. The van der Waals surface area contributed by atoms with Crippen LogP contribution in [0.15, 0.2) is 52.7 Å². The Bertz CT molecular complexity index is 1740. The second kappa shape index (κ2) is 16.4. The Labute approximate surface area is 310 Å². The summed E-state index contributed by atoms with van der Waals surface area (Å²) < 4.78 is 68.9. The smallest absolute Gasteiger partial charge is 0.298 e. The summed E-state index contributed by atoms with van der Waals surface area (Å²) in [7, 11) is -3.84. The van der Waals surface area contributed by atoms with Crippen LogP contribution in [0.4, 0.5) is 13.2 Å². The molecule has 3 aromatic rings. The molecule has 0 amide bonds. The third-order valence-corrected chi connectivity index (χ3v) is 15.0. The van der Waals surface area contributed by atoms with Crippen molar-refractivity contribution in [3.63, 3.8) is 0 Å². The lowest BCUT2D eigenvalue weighted by atomic mass is 9.84. The zero-order valence-electron chi connectivity index (χ0n) is 29.5. The van der Waals surface area contributed by atoms with Gasteiger partial charge >= 0.3 is 6.18 Å². The van der Waals surface area contributed by atoms with E-state index in [0.29, 0.717) is 47.2 Å². The lowest BCUT2D eigenvalue weighted by Crippen LogP contribution is -2.46. The van der Waals surface area contributed by atoms with Gasteiger partial charge in [-0.3, -0.25) is 9.78 Å². The average Bonchev–Trinajstić information content (AvgIpc) is 4.04. The fourth-order valence-corrected chi connectivity index (χ4v) is 11.5. The number of alkyl halides is 3. The Balaban J connectivity index is 1.14. The van der Waals surface area contributed by atoms with Crippen LogP contribution in [0.1, 0.15) is 132 Å². The Hall–Kier alpha value is -2.27. The third kappa shape index (κ3) is 9.64. The molecule has 0 atom stereocenters. The molecule has 3 saturated carbocycles. The van der Waals surface area contributed by atoms with Crippen molar-refractivity contribution in [1.29, 1.82) is 0 Å². The van der Waals surface area contributed by atoms with E-state index < -0.39 is 27.3 Å². The van der Waals surface area contributed by atoms with Crippen molar-refractivity contribution in [2.24, 2.45) is 11.8 Å². The normalized spacial score (nSPS) is 21.5. The summed E-state index contributed by atoms with van der Waals surface area (Å²) in [6.45, 7) is 1.97. The van der Waals surface area contributed by atoms with E-state index in [1.54, 1.807) is 13.0 Å². The zero-order chi connectivity index (χ0) is 36.2. The summed E-state index contributed by atoms with van der Waals surface area (Å²) in [6, 6.07) is 12.5. The number of carbonyl (C=O) groups excluding carboxylic acids is 1. The highest BCUT2D eigenvalue weighted by Gasteiger charge is 2.57. The fourth-order valence-electron chi connectivity index (χ4n) is 8.12. The minimum absolute atomic E-state index is 0.0442. The molecule has 2 heterocycles. The van der Waals surface area contributed by atoms with Gasteiger partial charge in [0.2, 0.25) is 0 Å². The minimum atomic E-state index is -4.40. The molecule has 2 aromatic heterocycles. The molecule has 5 nitrogen and oxygen atoms in total. The van der Waals surface area contributed by atoms with Crippen molar-refractivity contribution in [3.05, 3.63) is 69.7 Å². The highest BCUT2D eigenvalue weighted by atomic mass is 35.5. The maximum absolute atomic E-state index is 13.6. The number of pyridine rings is 1. The van der Waals surface area contributed by atoms with Crippen molar-refractivity contribution in [3.8, 4) is 11.3 Å². The van der Waals surface area contributed by atoms with E-state index in [1.165, 1.54) is 67.5 Å². The number of hydrogen-bond donors (Lipinski definition) is 0. The van der Waals surface area contributed by atoms with Crippen LogP contribution in [0.2, 0.25) is 4.34 Å². The van der Waals surface area contributed by atoms with Gasteiger partial charge in [0.25, 0.3) is 10.0 Å². The number of benzene rings is 1. The number of rotatable bonds is 14. The summed E-state index contributed by atoms with van der Waals surface area (Å²) >= 11 is 7.04. The topological polar surface area (TPSA) is 67.3 Å². The molecule has 1 aromatic carbocycles. The number of sulfonamides is 1. The molecule has 278 valence electrons. The van der Waals surface area contributed by atoms with Gasteiger partial charge in [0.05, 0.1) is 21.1 Å². The van der Waals surface area contributed by atoms with E-state index in [2.05, 4.69) is 6.07 Å². The van der Waals surface area contributed by atoms with Gasteiger partial charge in [-0.1, -0.05) is 82.0 Å². The van der Waals surface area contributed by atoms with Gasteiger partial charge in [-0.2, -0.15) is 17.5 Å². The second-order valence-corrected chi connectivity index (χ2v) is 18.9. The van der Waals surface area contributed by atoms with E-state index in [0.717, 1.165) is 78.7 Å². The SMILES string of the molecule is CCN(C1(C(=O)CCCCc2cc(-c3ccc(C(F)(F)F)cc3)nc(C3CCCCC(CC4CC4)CCCC3)c2)CC1)S(=O)(=O)c1ccc(Cl)s1. The maximum Gasteiger partial charge on any atom is 0.416 e. The number of hydrogen-bond acceptors (Lipinski definition) is 5. The van der Waals surface area contributed by atoms with E-state index >= 15 is 0 Å². The molecule has 11 heteroatoms. The van der Waals surface area contributed by atoms with Crippen molar-refractivity contribution < 1.29 is 26.4 Å². The maximum atomic E-state index is 13.6. The average molecular weight is 763 g/mol. The van der Waals surface area contributed by atoms with Gasteiger partial charge in [-0.15, -0.1) is 11.3 Å². The standard InChI is InChI=1S/C40H50ClF3N2O3S2/c1-2-46(51(48,49)38-22-21-37(41)50-38)39(23-24-39)36(47)14-8-5-11-30-26-34(45-35(27-30)32-17-19-33(20-18-32)40(42,43)44)31-12-6-3-9-28(10-4-7-13-31)25-29-15-16-29/h17-22,26-29,31H,2-16,23-25H2,1H3. The van der Waals surface area contributed by atoms with Gasteiger partial charge in [-0.25, -0.2) is 8.42 Å². The highest BCUT2D eigenvalue weighted by molar-refractivity contribution is 7.91. The number of ketones is 1. The predicted molar refractivity (Wildman–Crippen MR) is 199 cm³/mol. The summed E-state index contributed by atoms with van der Waals surface area (Å²) in [5.74, 6) is 2.08. The van der Waals surface area contributed by atoms with Crippen LogP contribution in [-0.2, 0) is 27.4 Å². The van der Waals surface area contributed by atoms with Crippen molar-refractivity contribution in [1.82, 2.24) is 9.29 Å². The molecule has 0 aliphatic heterocycles. The molecule has 3 fully saturated rings. The lowest BCUT2D eigenvalue weighted by molar-refractivity contribution is -0.137. The summed E-state index contributed by atoms with van der Waals surface area (Å²) in [4.78, 5) is 18.7. The molecule has 6 rings (SSSR count). The zero-order valence-corrected chi connectivity index (χ0v) is 31.9. The molecule has 3 aliphatic carbocycles. The quantitative estimate of drug-likeness (QED) is 0.153. The first-order chi connectivity index (χ1) is 24.4. The van der Waals surface area contributed by atoms with Gasteiger partial charge in [0, 0.05) is 30.1 Å². The first kappa shape index (κ1) is 38.5. The summed E-state index contributed by atoms with van der Waals surface area (Å²) in [5.41, 5.74) is 1.76. The summed E-state index contributed by atoms with van der Waals surface area (Å²) in [5, 5.41) is 0. The Kier molecular flexibility index (Phi) is 12.4. The Morgan fingerprint density at radius 1 is 0.922 bits per heavy atom. The predicted octanol–water partition coefficient (Wildman–Crippen LogP) is 11.6. The number of unbranched alkanes of at least 4 members (excludes halogenated alkanes) is 1. The molecule has 0 bridgehead atoms. The molecule has 0 radical (unpaired) electrons. The van der Waals surface area contributed by atoms with Crippen LogP contribution in [0.3, 0.4) is 0 Å². The monoisotopic (exact) mass is 762 g/mol. The second-order valence-electron chi connectivity index (χ2n) is 15.1. The molecule has 3 aliphatic rings. The van der Waals surface area contributed by atoms with Gasteiger partial charge in [-0.05, 0) is 105 Å². The molecule has 0 N–H and O–H groups in total. The Morgan fingerprint density at radius 2 is 1.57 bits per heavy atom. The first-order valence-corrected chi connectivity index (χ1v) is 21.5.